The first-order valence-corrected chi connectivity index (χ1v) is 4.86. The van der Waals surface area contributed by atoms with Crippen LogP contribution in [0.4, 0.5) is 5.95 Å². The van der Waals surface area contributed by atoms with Crippen molar-refractivity contribution in [2.45, 2.75) is 0 Å². The maximum Gasteiger partial charge on any atom is 0.256 e. The topological polar surface area (TPSA) is 90.2 Å². The zero-order valence-corrected chi connectivity index (χ0v) is 9.14. The van der Waals surface area contributed by atoms with Crippen LogP contribution in [-0.2, 0) is 0 Å². The Morgan fingerprint density at radius 2 is 2.06 bits per heavy atom. The summed E-state index contributed by atoms with van der Waals surface area (Å²) in [6.07, 6.45) is 0. The van der Waals surface area contributed by atoms with Crippen molar-refractivity contribution in [3.8, 4) is 17.4 Å². The van der Waals surface area contributed by atoms with Crippen LogP contribution in [0.2, 0.25) is 0 Å². The highest BCUT2D eigenvalue weighted by atomic mass is 16.5. The summed E-state index contributed by atoms with van der Waals surface area (Å²) in [7, 11) is 1.56. The zero-order valence-electron chi connectivity index (χ0n) is 9.14. The quantitative estimate of drug-likeness (QED) is 0.830. The maximum atomic E-state index is 11.1. The smallest absolute Gasteiger partial charge is 0.256 e. The van der Waals surface area contributed by atoms with Gasteiger partial charge in [0.2, 0.25) is 11.8 Å². The van der Waals surface area contributed by atoms with Crippen molar-refractivity contribution in [1.29, 1.82) is 0 Å². The van der Waals surface area contributed by atoms with Gasteiger partial charge in [-0.1, -0.05) is 6.07 Å². The molecule has 0 aliphatic carbocycles. The van der Waals surface area contributed by atoms with E-state index < -0.39 is 0 Å². The van der Waals surface area contributed by atoms with Crippen molar-refractivity contribution in [3.05, 3.63) is 40.7 Å². The molecule has 2 aromatic rings. The lowest BCUT2D eigenvalue weighted by molar-refractivity contribution is 0.407. The second-order valence-corrected chi connectivity index (χ2v) is 3.25. The molecule has 6 heteroatoms. The fraction of sp³-hybridized carbons (Fsp3) is 0.0909. The molecule has 0 unspecified atom stereocenters. The molecular weight excluding hydrogens is 222 g/mol. The average molecular weight is 233 g/mol. The standard InChI is InChI=1S/C11H11N3O3/c1-16-7-3-2-4-8(5-7)17-10-6-9(15)13-11(12)14-10/h2-6H,1H3,(H3,12,13,14,15). The predicted molar refractivity (Wildman–Crippen MR) is 62.3 cm³/mol. The van der Waals surface area contributed by atoms with Gasteiger partial charge >= 0.3 is 0 Å². The molecule has 0 saturated heterocycles. The molecule has 1 aromatic heterocycles. The minimum Gasteiger partial charge on any atom is -0.497 e. The molecule has 88 valence electrons. The molecule has 0 fully saturated rings. The second kappa shape index (κ2) is 4.56. The Balaban J connectivity index is 2.27. The largest absolute Gasteiger partial charge is 0.497 e. The number of rotatable bonds is 3. The Labute approximate surface area is 97.0 Å². The molecule has 1 aromatic carbocycles. The summed E-state index contributed by atoms with van der Waals surface area (Å²) in [5.41, 5.74) is 5.03. The highest BCUT2D eigenvalue weighted by Crippen LogP contribution is 2.23. The Hall–Kier alpha value is -2.50. The number of H-pyrrole nitrogens is 1. The minimum absolute atomic E-state index is 0.00963. The van der Waals surface area contributed by atoms with Crippen LogP contribution in [0.5, 0.6) is 17.4 Å². The van der Waals surface area contributed by atoms with Gasteiger partial charge in [-0.2, -0.15) is 4.98 Å². The summed E-state index contributed by atoms with van der Waals surface area (Å²) in [6.45, 7) is 0. The zero-order chi connectivity index (χ0) is 12.3. The fourth-order valence-corrected chi connectivity index (χ4v) is 1.29. The van der Waals surface area contributed by atoms with Crippen LogP contribution in [0, 0.1) is 0 Å². The number of nitrogens with two attached hydrogens (primary N) is 1. The number of nitrogens with zero attached hydrogens (tertiary/aromatic N) is 1. The highest BCUT2D eigenvalue weighted by Gasteiger charge is 2.02. The van der Waals surface area contributed by atoms with Crippen LogP contribution in [-0.4, -0.2) is 17.1 Å². The number of hydrogen-bond donors (Lipinski definition) is 2. The first-order chi connectivity index (χ1) is 8.17. The third-order valence-corrected chi connectivity index (χ3v) is 2.00. The lowest BCUT2D eigenvalue weighted by atomic mass is 10.3. The summed E-state index contributed by atoms with van der Waals surface area (Å²) >= 11 is 0. The van der Waals surface area contributed by atoms with E-state index in [1.165, 1.54) is 6.07 Å². The highest BCUT2D eigenvalue weighted by molar-refractivity contribution is 5.35. The van der Waals surface area contributed by atoms with Gasteiger partial charge in [0.15, 0.2) is 0 Å². The van der Waals surface area contributed by atoms with Crippen molar-refractivity contribution in [3.63, 3.8) is 0 Å². The Morgan fingerprint density at radius 3 is 2.76 bits per heavy atom. The number of hydrogen-bond acceptors (Lipinski definition) is 5. The number of nitrogen functional groups attached to an aromatic ring is 1. The lowest BCUT2D eigenvalue weighted by Crippen LogP contribution is -2.10. The van der Waals surface area contributed by atoms with Gasteiger partial charge in [-0.15, -0.1) is 0 Å². The van der Waals surface area contributed by atoms with Crippen molar-refractivity contribution in [1.82, 2.24) is 9.97 Å². The van der Waals surface area contributed by atoms with E-state index in [2.05, 4.69) is 9.97 Å². The summed E-state index contributed by atoms with van der Waals surface area (Å²) in [5.74, 6) is 1.32. The Morgan fingerprint density at radius 1 is 1.29 bits per heavy atom. The van der Waals surface area contributed by atoms with Crippen molar-refractivity contribution >= 4 is 5.95 Å². The number of nitrogens with one attached hydrogen (secondary N) is 1. The molecule has 0 saturated carbocycles. The van der Waals surface area contributed by atoms with Crippen LogP contribution in [0.1, 0.15) is 0 Å². The first-order valence-electron chi connectivity index (χ1n) is 4.86. The van der Waals surface area contributed by atoms with Crippen molar-refractivity contribution in [2.24, 2.45) is 0 Å². The monoisotopic (exact) mass is 233 g/mol. The predicted octanol–water partition coefficient (Wildman–Crippen LogP) is 1.15. The molecule has 3 N–H and O–H groups in total. The van der Waals surface area contributed by atoms with E-state index in [9.17, 15) is 4.79 Å². The summed E-state index contributed by atoms with van der Waals surface area (Å²) < 4.78 is 10.4. The number of aromatic nitrogens is 2. The third-order valence-electron chi connectivity index (χ3n) is 2.00. The van der Waals surface area contributed by atoms with Gasteiger partial charge in [-0.3, -0.25) is 9.78 Å². The molecule has 6 nitrogen and oxygen atoms in total. The molecule has 0 atom stereocenters. The number of anilines is 1. The van der Waals surface area contributed by atoms with E-state index >= 15 is 0 Å². The number of methoxy groups -OCH3 is 1. The van der Waals surface area contributed by atoms with E-state index in [4.69, 9.17) is 15.2 Å². The van der Waals surface area contributed by atoms with Gasteiger partial charge in [0.05, 0.1) is 13.2 Å². The maximum absolute atomic E-state index is 11.1. The summed E-state index contributed by atoms with van der Waals surface area (Å²) in [6, 6.07) is 8.17. The molecular formula is C11H11N3O3. The van der Waals surface area contributed by atoms with E-state index in [1.807, 2.05) is 0 Å². The van der Waals surface area contributed by atoms with Gasteiger partial charge in [-0.05, 0) is 12.1 Å². The van der Waals surface area contributed by atoms with E-state index in [0.29, 0.717) is 11.5 Å². The fourth-order valence-electron chi connectivity index (χ4n) is 1.29. The van der Waals surface area contributed by atoms with Crippen LogP contribution < -0.4 is 20.8 Å². The van der Waals surface area contributed by atoms with Crippen LogP contribution in [0.15, 0.2) is 35.1 Å². The van der Waals surface area contributed by atoms with Crippen molar-refractivity contribution < 1.29 is 9.47 Å². The molecule has 0 aliphatic heterocycles. The molecule has 0 radical (unpaired) electrons. The van der Waals surface area contributed by atoms with Gasteiger partial charge < -0.3 is 15.2 Å². The first kappa shape index (κ1) is 11.0. The number of aromatic amines is 1. The molecule has 0 aliphatic rings. The van der Waals surface area contributed by atoms with Gasteiger partial charge in [0, 0.05) is 6.07 Å². The van der Waals surface area contributed by atoms with Gasteiger partial charge in [-0.25, -0.2) is 0 Å². The van der Waals surface area contributed by atoms with Gasteiger partial charge in [0.25, 0.3) is 5.56 Å². The minimum atomic E-state index is -0.365. The molecule has 2 rings (SSSR count). The summed E-state index contributed by atoms with van der Waals surface area (Å²) in [5, 5.41) is 0. The van der Waals surface area contributed by atoms with Crippen LogP contribution >= 0.6 is 0 Å². The normalized spacial score (nSPS) is 9.94. The second-order valence-electron chi connectivity index (χ2n) is 3.25. The van der Waals surface area contributed by atoms with Crippen molar-refractivity contribution in [2.75, 3.05) is 12.8 Å². The van der Waals surface area contributed by atoms with E-state index in [0.717, 1.165) is 0 Å². The molecule has 0 spiro atoms. The van der Waals surface area contributed by atoms with E-state index in [1.54, 1.807) is 31.4 Å². The van der Waals surface area contributed by atoms with E-state index in [-0.39, 0.29) is 17.4 Å². The SMILES string of the molecule is COc1cccc(Oc2cc(=O)[nH]c(N)n2)c1. The number of ether oxygens (including phenoxy) is 2. The lowest BCUT2D eigenvalue weighted by Gasteiger charge is -2.06. The molecule has 0 amide bonds. The third kappa shape index (κ3) is 2.75. The van der Waals surface area contributed by atoms with Gasteiger partial charge in [0.1, 0.15) is 11.5 Å². The van der Waals surface area contributed by atoms with Crippen LogP contribution in [0.25, 0.3) is 0 Å². The molecule has 1 heterocycles. The Bertz CT molecular complexity index is 580. The number of benzene rings is 1. The summed E-state index contributed by atoms with van der Waals surface area (Å²) in [4.78, 5) is 17.3. The molecule has 17 heavy (non-hydrogen) atoms. The Kier molecular flexibility index (Phi) is 2.95. The molecule has 0 bridgehead atoms. The average Bonchev–Trinajstić information content (AvgIpc) is 2.28. The van der Waals surface area contributed by atoms with Crippen LogP contribution in [0.3, 0.4) is 0 Å².